The van der Waals surface area contributed by atoms with Gasteiger partial charge in [0.25, 0.3) is 5.69 Å². The Morgan fingerprint density at radius 3 is 2.60 bits per heavy atom. The Hall–Kier alpha value is -2.93. The van der Waals surface area contributed by atoms with Crippen molar-refractivity contribution in [3.05, 3.63) is 64.2 Å². The minimum atomic E-state index is -0.317. The Balaban J connectivity index is 1.76. The number of para-hydroxylation sites is 1. The fraction of sp³-hybridized carbons (Fsp3) is 0.278. The first-order chi connectivity index (χ1) is 12.1. The molecule has 0 aromatic heterocycles. The molecule has 2 N–H and O–H groups in total. The fourth-order valence-corrected chi connectivity index (χ4v) is 2.86. The average Bonchev–Trinajstić information content (AvgIpc) is 2.63. The summed E-state index contributed by atoms with van der Waals surface area (Å²) in [7, 11) is 2.14. The fourth-order valence-electron chi connectivity index (χ4n) is 2.86. The summed E-state index contributed by atoms with van der Waals surface area (Å²) in [5.74, 6) is 0. The number of rotatable bonds is 5. The van der Waals surface area contributed by atoms with Crippen LogP contribution in [0.4, 0.5) is 17.1 Å². The van der Waals surface area contributed by atoms with Crippen LogP contribution in [-0.4, -0.2) is 44.4 Å². The van der Waals surface area contributed by atoms with Crippen molar-refractivity contribution in [1.82, 2.24) is 0 Å². The molecule has 1 saturated heterocycles. The van der Waals surface area contributed by atoms with E-state index in [1.54, 1.807) is 12.3 Å². The molecule has 0 spiro atoms. The summed E-state index contributed by atoms with van der Waals surface area (Å²) in [5, 5.41) is 15.6. The molecule has 0 unspecified atom stereocenters. The van der Waals surface area contributed by atoms with Crippen molar-refractivity contribution in [1.29, 1.82) is 0 Å². The second-order valence-electron chi connectivity index (χ2n) is 6.19. The maximum Gasteiger partial charge on any atom is 0.293 e. The lowest BCUT2D eigenvalue weighted by Crippen LogP contribution is -3.12. The van der Waals surface area contributed by atoms with Crippen molar-refractivity contribution in [3.63, 3.8) is 0 Å². The molecule has 1 aliphatic rings. The number of benzene rings is 2. The highest BCUT2D eigenvalue weighted by Crippen LogP contribution is 2.28. The third-order valence-electron chi connectivity index (χ3n) is 4.33. The van der Waals surface area contributed by atoms with E-state index in [0.29, 0.717) is 11.3 Å². The summed E-state index contributed by atoms with van der Waals surface area (Å²) in [4.78, 5) is 14.7. The van der Waals surface area contributed by atoms with Gasteiger partial charge >= 0.3 is 0 Å². The maximum absolute atomic E-state index is 11.5. The van der Waals surface area contributed by atoms with Crippen molar-refractivity contribution in [2.24, 2.45) is 5.10 Å². The van der Waals surface area contributed by atoms with Crippen LogP contribution in [-0.2, 0) is 0 Å². The number of anilines is 2. The van der Waals surface area contributed by atoms with Gasteiger partial charge < -0.3 is 9.80 Å². The number of nitro benzene ring substituents is 1. The molecule has 0 atom stereocenters. The lowest BCUT2D eigenvalue weighted by atomic mass is 10.1. The van der Waals surface area contributed by atoms with Crippen molar-refractivity contribution < 1.29 is 9.82 Å². The van der Waals surface area contributed by atoms with E-state index < -0.39 is 0 Å². The van der Waals surface area contributed by atoms with E-state index in [0.717, 1.165) is 31.9 Å². The van der Waals surface area contributed by atoms with Crippen LogP contribution >= 0.6 is 0 Å². The minimum absolute atomic E-state index is 0.128. The largest absolute Gasteiger partial charge is 0.355 e. The first-order valence-electron chi connectivity index (χ1n) is 8.32. The van der Waals surface area contributed by atoms with E-state index in [2.05, 4.69) is 22.5 Å². The van der Waals surface area contributed by atoms with Crippen LogP contribution in [0, 0.1) is 10.1 Å². The Morgan fingerprint density at radius 1 is 1.20 bits per heavy atom. The monoisotopic (exact) mass is 340 g/mol. The zero-order chi connectivity index (χ0) is 17.6. The standard InChI is InChI=1S/C18H21N5O2/c1-21-9-11-22(12-10-21)17-8-7-15(13-18(17)23(24)25)14-19-20-16-5-3-2-4-6-16/h2-8,13-14,20H,9-12H2,1H3/p+1/b19-14-. The second-order valence-corrected chi connectivity index (χ2v) is 6.19. The van der Waals surface area contributed by atoms with E-state index >= 15 is 0 Å². The number of hydrogen-bond acceptors (Lipinski definition) is 5. The predicted molar refractivity (Wildman–Crippen MR) is 99.6 cm³/mol. The van der Waals surface area contributed by atoms with Crippen molar-refractivity contribution in [3.8, 4) is 0 Å². The molecule has 1 aliphatic heterocycles. The van der Waals surface area contributed by atoms with Crippen molar-refractivity contribution in [2.75, 3.05) is 43.6 Å². The number of hydrogen-bond donors (Lipinski definition) is 2. The molecule has 7 nitrogen and oxygen atoms in total. The van der Waals surface area contributed by atoms with Gasteiger partial charge in [-0.25, -0.2) is 0 Å². The zero-order valence-corrected chi connectivity index (χ0v) is 14.2. The number of nitrogens with one attached hydrogen (secondary N) is 2. The van der Waals surface area contributed by atoms with Gasteiger partial charge in [0, 0.05) is 11.6 Å². The van der Waals surface area contributed by atoms with E-state index in [-0.39, 0.29) is 10.6 Å². The third kappa shape index (κ3) is 4.33. The van der Waals surface area contributed by atoms with Crippen molar-refractivity contribution >= 4 is 23.3 Å². The molecule has 2 aromatic rings. The molecule has 0 aliphatic carbocycles. The second kappa shape index (κ2) is 7.76. The molecule has 1 heterocycles. The molecule has 0 amide bonds. The Kier molecular flexibility index (Phi) is 5.25. The van der Waals surface area contributed by atoms with Crippen LogP contribution in [0.5, 0.6) is 0 Å². The van der Waals surface area contributed by atoms with Gasteiger partial charge in [-0.05, 0) is 18.2 Å². The number of quaternary nitrogens is 1. The van der Waals surface area contributed by atoms with Crippen LogP contribution in [0.3, 0.4) is 0 Å². The minimum Gasteiger partial charge on any atom is -0.355 e. The topological polar surface area (TPSA) is 75.2 Å². The Morgan fingerprint density at radius 2 is 1.92 bits per heavy atom. The average molecular weight is 340 g/mol. The number of piperazine rings is 1. The number of nitrogens with zero attached hydrogens (tertiary/aromatic N) is 3. The quantitative estimate of drug-likeness (QED) is 0.490. The molecule has 2 aromatic carbocycles. The SMILES string of the molecule is C[NH+]1CCN(c2ccc(/C=N\Nc3ccccc3)cc2[N+](=O)[O-])CC1. The molecule has 3 rings (SSSR count). The number of nitro groups is 1. The normalized spacial score (nSPS) is 15.5. The molecular formula is C18H22N5O2+. The Labute approximate surface area is 146 Å². The third-order valence-corrected chi connectivity index (χ3v) is 4.33. The molecule has 0 radical (unpaired) electrons. The lowest BCUT2D eigenvalue weighted by molar-refractivity contribution is -0.880. The van der Waals surface area contributed by atoms with Gasteiger partial charge in [0.1, 0.15) is 5.69 Å². The van der Waals surface area contributed by atoms with Crippen molar-refractivity contribution in [2.45, 2.75) is 0 Å². The van der Waals surface area contributed by atoms with Gasteiger partial charge in [0.2, 0.25) is 0 Å². The van der Waals surface area contributed by atoms with Gasteiger partial charge in [0.15, 0.2) is 0 Å². The molecule has 130 valence electrons. The van der Waals surface area contributed by atoms with E-state index in [4.69, 9.17) is 0 Å². The molecule has 25 heavy (non-hydrogen) atoms. The summed E-state index contributed by atoms with van der Waals surface area (Å²) < 4.78 is 0. The highest BCUT2D eigenvalue weighted by molar-refractivity contribution is 5.83. The lowest BCUT2D eigenvalue weighted by Gasteiger charge is -2.31. The molecule has 0 bridgehead atoms. The summed E-state index contributed by atoms with van der Waals surface area (Å²) in [6, 6.07) is 14.8. The van der Waals surface area contributed by atoms with Gasteiger partial charge in [-0.3, -0.25) is 15.5 Å². The van der Waals surface area contributed by atoms with Crippen LogP contribution in [0.25, 0.3) is 0 Å². The Bertz CT molecular complexity index is 755. The van der Waals surface area contributed by atoms with Crippen LogP contribution in [0.15, 0.2) is 53.6 Å². The zero-order valence-electron chi connectivity index (χ0n) is 14.2. The van der Waals surface area contributed by atoms with Gasteiger partial charge in [0.05, 0.1) is 50.1 Å². The van der Waals surface area contributed by atoms with Crippen LogP contribution < -0.4 is 15.2 Å². The van der Waals surface area contributed by atoms with E-state index in [1.807, 2.05) is 42.5 Å². The molecule has 7 heteroatoms. The van der Waals surface area contributed by atoms with Gasteiger partial charge in [-0.2, -0.15) is 5.10 Å². The van der Waals surface area contributed by atoms with E-state index in [9.17, 15) is 10.1 Å². The predicted octanol–water partition coefficient (Wildman–Crippen LogP) is 1.38. The van der Waals surface area contributed by atoms with E-state index in [1.165, 1.54) is 4.90 Å². The highest BCUT2D eigenvalue weighted by Gasteiger charge is 2.24. The maximum atomic E-state index is 11.5. The first kappa shape index (κ1) is 16.9. The molecule has 1 fully saturated rings. The van der Waals surface area contributed by atoms with Crippen LogP contribution in [0.2, 0.25) is 0 Å². The summed E-state index contributed by atoms with van der Waals surface area (Å²) >= 11 is 0. The summed E-state index contributed by atoms with van der Waals surface area (Å²) in [5.41, 5.74) is 5.28. The highest BCUT2D eigenvalue weighted by atomic mass is 16.6. The van der Waals surface area contributed by atoms with Gasteiger partial charge in [-0.15, -0.1) is 0 Å². The van der Waals surface area contributed by atoms with Crippen LogP contribution in [0.1, 0.15) is 5.56 Å². The van der Waals surface area contributed by atoms with Gasteiger partial charge in [-0.1, -0.05) is 24.3 Å². The number of likely N-dealkylation sites (N-methyl/N-ethyl adjacent to an activating group) is 1. The summed E-state index contributed by atoms with van der Waals surface area (Å²) in [6.45, 7) is 3.63. The smallest absolute Gasteiger partial charge is 0.293 e. The molecular weight excluding hydrogens is 318 g/mol. The summed E-state index contributed by atoms with van der Waals surface area (Å²) in [6.07, 6.45) is 1.60. The first-order valence-corrected chi connectivity index (χ1v) is 8.32. The number of hydrazone groups is 1. The molecule has 0 saturated carbocycles.